The van der Waals surface area contributed by atoms with Crippen molar-refractivity contribution in [3.63, 3.8) is 0 Å². The molecule has 12 aromatic rings. The number of Topliss-reactive ketones (excluding diaryl/α,β-unsaturated/α-hetero) is 2. The monoisotopic (exact) mass is 1920 g/mol. The van der Waals surface area contributed by atoms with Crippen molar-refractivity contribution in [1.29, 1.82) is 15.8 Å². The Labute approximate surface area is 704 Å². The first-order valence-corrected chi connectivity index (χ1v) is 43.9. The molecule has 0 spiro atoms. The van der Waals surface area contributed by atoms with Crippen LogP contribution in [0.1, 0.15) is 221 Å². The molecule has 16 heteroatoms. The van der Waals surface area contributed by atoms with Gasteiger partial charge in [-0.15, -0.1) is 11.6 Å². The van der Waals surface area contributed by atoms with Gasteiger partial charge in [-0.3, -0.25) is 14.5 Å². The molecule has 0 radical (unpaired) electrons. The standard InChI is InChI=1S/C26H29N3O.C21H19ClN2O.C19H18N2.C12H15N.C9H13N.CH2I2.2CH3I.2CH4/c1-18(2)21-9-12-23-24(15-21)29(22-10-7-20(16-27)8-11-22)19(3)26(23)25(30)17-28-13-5-4-6-14-28;1-13(2)16-6-9-18-19(10-16)24(14(3)21(18)20(25)11-22)17-7-4-15(12-23)5-8-17;1-13(2)16-6-7-17-10-14(3)21(19(17)11-16)18-8-4-15(12-20)5-9-18;1-8(2)10-4-5-11-6-9(3)13-12(11)7-10;1-7(2)8-4-3-5-9(10)6-8;2-1-3;2*1-2;;/h7-12,15,18H,4-6,13-14,17H2,1-3H3;4-10,13H,11H2,1-3H3;4-11,13H,1-3H3;4-8,13H,1-3H3;3-7H,10H2,1-2H3;1H2;2*1H3;2*1H4. The number of nitrogens with zero attached hydrogens (tertiary/aromatic N) is 7. The number of fused-ring (bicyclic) bond motifs is 4. The van der Waals surface area contributed by atoms with E-state index in [4.69, 9.17) is 33.1 Å². The first-order chi connectivity index (χ1) is 50.8. The number of nitrogens with one attached hydrogen (secondary N) is 1. The number of nitriles is 3. The number of aromatic amines is 1. The molecular formula is C92H110ClI4N9O2. The highest BCUT2D eigenvalue weighted by Crippen LogP contribution is 2.36. The van der Waals surface area contributed by atoms with Gasteiger partial charge in [0.25, 0.3) is 0 Å². The number of aromatic nitrogens is 4. The maximum absolute atomic E-state index is 13.4. The first kappa shape index (κ1) is 93.1. The minimum absolute atomic E-state index is 0. The van der Waals surface area contributed by atoms with Gasteiger partial charge in [-0.2, -0.15) is 15.8 Å². The molecule has 0 atom stereocenters. The molecule has 1 aliphatic rings. The molecule has 3 N–H and O–H groups in total. The fourth-order valence-corrected chi connectivity index (χ4v) is 13.2. The van der Waals surface area contributed by atoms with Gasteiger partial charge in [-0.25, -0.2) is 0 Å². The van der Waals surface area contributed by atoms with E-state index in [2.05, 4.69) is 300 Å². The number of likely N-dealkylation sites (tertiary alicyclic amines) is 1. The number of carbonyl (C=O) groups excluding carboxylic acids is 2. The summed E-state index contributed by atoms with van der Waals surface area (Å²) >= 11 is 14.7. The van der Waals surface area contributed by atoms with Gasteiger partial charge in [0.05, 0.1) is 66.3 Å². The van der Waals surface area contributed by atoms with Crippen LogP contribution in [0.25, 0.3) is 60.7 Å². The van der Waals surface area contributed by atoms with Gasteiger partial charge >= 0.3 is 0 Å². The van der Waals surface area contributed by atoms with Gasteiger partial charge in [0.15, 0.2) is 11.6 Å². The highest BCUT2D eigenvalue weighted by molar-refractivity contribution is 14.2. The summed E-state index contributed by atoms with van der Waals surface area (Å²) in [5, 5.41) is 31.6. The Kier molecular flexibility index (Phi) is 39.4. The lowest BCUT2D eigenvalue weighted by Gasteiger charge is -2.25. The van der Waals surface area contributed by atoms with Gasteiger partial charge in [0.1, 0.15) is 0 Å². The molecule has 0 bridgehead atoms. The molecule has 1 fully saturated rings. The summed E-state index contributed by atoms with van der Waals surface area (Å²) in [6.45, 7) is 32.5. The number of nitrogens with two attached hydrogens (primary N) is 1. The van der Waals surface area contributed by atoms with Crippen molar-refractivity contribution < 1.29 is 9.59 Å². The zero-order valence-corrected chi connectivity index (χ0v) is 73.7. The molecule has 4 aromatic heterocycles. The van der Waals surface area contributed by atoms with Crippen molar-refractivity contribution in [3.8, 4) is 35.3 Å². The number of aryl methyl sites for hydroxylation is 2. The van der Waals surface area contributed by atoms with Crippen LogP contribution in [0, 0.1) is 61.7 Å². The third-order valence-corrected chi connectivity index (χ3v) is 19.0. The number of hydrogen-bond acceptors (Lipinski definition) is 7. The molecule has 1 saturated heterocycles. The smallest absolute Gasteiger partial charge is 0.180 e. The third-order valence-electron chi connectivity index (χ3n) is 18.8. The van der Waals surface area contributed by atoms with Crippen LogP contribution in [0.2, 0.25) is 0 Å². The lowest BCUT2D eigenvalue weighted by molar-refractivity contribution is 0.0916. The topological polar surface area (TPSA) is 165 Å². The van der Waals surface area contributed by atoms with E-state index in [1.54, 1.807) is 12.1 Å². The van der Waals surface area contributed by atoms with Crippen molar-refractivity contribution in [2.45, 2.75) is 161 Å². The van der Waals surface area contributed by atoms with Gasteiger partial charge in [-0.05, 0) is 248 Å². The van der Waals surface area contributed by atoms with Gasteiger partial charge < -0.3 is 24.4 Å². The minimum atomic E-state index is -0.0751. The van der Waals surface area contributed by atoms with Crippen molar-refractivity contribution >= 4 is 163 Å². The molecule has 8 aromatic carbocycles. The third kappa shape index (κ3) is 24.3. The normalized spacial score (nSPS) is 11.4. The Morgan fingerprint density at radius 1 is 0.463 bits per heavy atom. The summed E-state index contributed by atoms with van der Waals surface area (Å²) in [6.07, 6.45) is 3.62. The molecule has 1 aliphatic heterocycles. The van der Waals surface area contributed by atoms with E-state index in [9.17, 15) is 9.59 Å². The first-order valence-electron chi connectivity index (χ1n) is 36.0. The van der Waals surface area contributed by atoms with Gasteiger partial charge in [-0.1, -0.05) is 242 Å². The van der Waals surface area contributed by atoms with Crippen molar-refractivity contribution in [2.75, 3.05) is 43.5 Å². The molecule has 13 rings (SSSR count). The molecule has 5 heterocycles. The van der Waals surface area contributed by atoms with E-state index in [1.807, 2.05) is 109 Å². The summed E-state index contributed by atoms with van der Waals surface area (Å²) in [7, 11) is 0. The van der Waals surface area contributed by atoms with Crippen LogP contribution in [0.5, 0.6) is 0 Å². The van der Waals surface area contributed by atoms with E-state index >= 15 is 0 Å². The molecule has 570 valence electrons. The van der Waals surface area contributed by atoms with Crippen LogP contribution in [0.15, 0.2) is 182 Å². The molecule has 11 nitrogen and oxygen atoms in total. The molecule has 108 heavy (non-hydrogen) atoms. The highest BCUT2D eigenvalue weighted by atomic mass is 127. The summed E-state index contributed by atoms with van der Waals surface area (Å²) < 4.78 is 7.69. The average molecular weight is 1920 g/mol. The van der Waals surface area contributed by atoms with Gasteiger partial charge in [0.2, 0.25) is 0 Å². The number of benzene rings is 8. The number of ketones is 2. The summed E-state index contributed by atoms with van der Waals surface area (Å²) in [5.74, 6) is 2.57. The maximum atomic E-state index is 13.4. The highest BCUT2D eigenvalue weighted by Gasteiger charge is 2.25. The number of carbonyl (C=O) groups is 2. The molecular weight excluding hydrogens is 1810 g/mol. The Balaban J connectivity index is 0.000000289. The Morgan fingerprint density at radius 2 is 0.833 bits per heavy atom. The van der Waals surface area contributed by atoms with Crippen molar-refractivity contribution in [3.05, 3.63) is 260 Å². The summed E-state index contributed by atoms with van der Waals surface area (Å²) in [6, 6.07) is 67.6. The minimum Gasteiger partial charge on any atom is -0.399 e. The lowest BCUT2D eigenvalue weighted by Crippen LogP contribution is -2.34. The number of halogens is 5. The molecule has 0 unspecified atom stereocenters. The predicted molar refractivity (Wildman–Crippen MR) is 498 cm³/mol. The summed E-state index contributed by atoms with van der Waals surface area (Å²) in [5.41, 5.74) is 28.2. The van der Waals surface area contributed by atoms with E-state index in [-0.39, 0.29) is 32.3 Å². The Bertz CT molecular complexity index is 4990. The van der Waals surface area contributed by atoms with Crippen LogP contribution < -0.4 is 5.73 Å². The van der Waals surface area contributed by atoms with Crippen LogP contribution in [-0.4, -0.2) is 73.0 Å². The Morgan fingerprint density at radius 3 is 1.22 bits per heavy atom. The van der Waals surface area contributed by atoms with Crippen LogP contribution in [-0.2, 0) is 0 Å². The van der Waals surface area contributed by atoms with E-state index in [0.717, 1.165) is 74.6 Å². The zero-order valence-electron chi connectivity index (χ0n) is 64.3. The van der Waals surface area contributed by atoms with Crippen molar-refractivity contribution in [1.82, 2.24) is 23.6 Å². The second-order valence-corrected chi connectivity index (χ2v) is 32.4. The fourth-order valence-electron chi connectivity index (χ4n) is 13.1. The van der Waals surface area contributed by atoms with Crippen molar-refractivity contribution in [2.24, 2.45) is 0 Å². The number of anilines is 1. The van der Waals surface area contributed by atoms with Crippen LogP contribution in [0.3, 0.4) is 0 Å². The SMILES string of the molecule is C.C.CC(C)c1cccc(N)c1.CI.CI.Cc1c(C(=O)CCl)c2ccc(C(C)C)cc2n1-c1ccc(C#N)cc1.Cc1c(C(=O)CN2CCCCC2)c2ccc(C(C)C)cc2n1-c1ccc(C#N)cc1.Cc1cc2ccc(C(C)C)cc2[nH]1.Cc1cc2ccc(C(C)C)cc2n1-c1ccc(C#N)cc1.ICI. The largest absolute Gasteiger partial charge is 0.399 e. The summed E-state index contributed by atoms with van der Waals surface area (Å²) in [4.78, 5) is 35.4. The van der Waals surface area contributed by atoms with Gasteiger partial charge in [0, 0.05) is 78.3 Å². The predicted octanol–water partition coefficient (Wildman–Crippen LogP) is 27.1. The zero-order chi connectivity index (χ0) is 78.1. The molecule has 0 saturated carbocycles. The quantitative estimate of drug-likeness (QED) is 0.0502. The molecule has 0 amide bonds. The number of piperidine rings is 1. The number of H-pyrrole nitrogens is 1. The number of alkyl halides is 5. The lowest BCUT2D eigenvalue weighted by atomic mass is 9.99. The van der Waals surface area contributed by atoms with E-state index < -0.39 is 0 Å². The number of rotatable bonds is 13. The average Bonchev–Trinajstić information content (AvgIpc) is 1.61. The Hall–Kier alpha value is -7.30. The van der Waals surface area contributed by atoms with E-state index in [0.29, 0.717) is 58.4 Å². The van der Waals surface area contributed by atoms with Crippen LogP contribution >= 0.6 is 102 Å². The molecule has 0 aliphatic carbocycles. The number of nitrogen functional groups attached to an aromatic ring is 1. The van der Waals surface area contributed by atoms with E-state index in [1.165, 1.54) is 82.7 Å². The second-order valence-electron chi connectivity index (χ2n) is 27.7. The van der Waals surface area contributed by atoms with Crippen LogP contribution in [0.4, 0.5) is 5.69 Å². The maximum Gasteiger partial charge on any atom is 0.180 e. The fraction of sp³-hybridized carbons (Fsp3) is 0.337. The number of hydrogen-bond donors (Lipinski definition) is 2. The second kappa shape index (κ2) is 45.8.